The second-order valence-corrected chi connectivity index (χ2v) is 4.85. The van der Waals surface area contributed by atoms with E-state index in [1.165, 1.54) is 26.2 Å². The molecular weight excluding hydrogens is 282 g/mol. The van der Waals surface area contributed by atoms with E-state index in [2.05, 4.69) is 0 Å². The lowest BCUT2D eigenvalue weighted by Gasteiger charge is -2.36. The van der Waals surface area contributed by atoms with Crippen molar-refractivity contribution in [3.8, 4) is 11.1 Å². The maximum absolute atomic E-state index is 11.6. The zero-order valence-corrected chi connectivity index (χ0v) is 12.8. The fraction of sp³-hybridized carbons (Fsp3) is 0.235. The lowest BCUT2D eigenvalue weighted by atomic mass is 10.0. The summed E-state index contributed by atoms with van der Waals surface area (Å²) in [4.78, 5) is 17.0. The second-order valence-electron chi connectivity index (χ2n) is 4.85. The van der Waals surface area contributed by atoms with Gasteiger partial charge in [0.05, 0.1) is 12.8 Å². The molecule has 0 spiro atoms. The molecule has 1 atom stereocenters. The number of hydrogen-bond acceptors (Lipinski definition) is 4. The van der Waals surface area contributed by atoms with E-state index in [0.717, 1.165) is 11.1 Å². The van der Waals surface area contributed by atoms with Crippen LogP contribution in [0.25, 0.3) is 11.1 Å². The number of anilines is 1. The number of ether oxygens (including phenoxy) is 1. The Bertz CT molecular complexity index is 644. The Kier molecular flexibility index (Phi) is 4.80. The summed E-state index contributed by atoms with van der Waals surface area (Å²) in [6, 6.07) is 17.1. The van der Waals surface area contributed by atoms with E-state index < -0.39 is 11.7 Å². The van der Waals surface area contributed by atoms with Crippen LogP contribution in [0.4, 0.5) is 5.69 Å². The van der Waals surface area contributed by atoms with Gasteiger partial charge in [0.2, 0.25) is 0 Å². The van der Waals surface area contributed by atoms with Crippen LogP contribution < -0.4 is 5.06 Å². The van der Waals surface area contributed by atoms with E-state index in [9.17, 15) is 9.90 Å². The molecule has 0 saturated carbocycles. The Morgan fingerprint density at radius 3 is 2.18 bits per heavy atom. The number of para-hydroxylation sites is 1. The van der Waals surface area contributed by atoms with Crippen molar-refractivity contribution >= 4 is 11.7 Å². The second kappa shape index (κ2) is 6.60. The zero-order chi connectivity index (χ0) is 16.2. The summed E-state index contributed by atoms with van der Waals surface area (Å²) >= 11 is 0. The van der Waals surface area contributed by atoms with Gasteiger partial charge in [-0.3, -0.25) is 4.84 Å². The van der Waals surface area contributed by atoms with E-state index in [1.54, 1.807) is 6.07 Å². The minimum Gasteiger partial charge on any atom is -0.478 e. The number of carboxylic acid groups (broad SMARTS) is 1. The van der Waals surface area contributed by atoms with Gasteiger partial charge in [0, 0.05) is 12.7 Å². The number of nitrogens with zero attached hydrogens (tertiary/aromatic N) is 1. The SMILES string of the molecule is CON(c1ccccc1-c1ccccc1)[C@](C)(OC)C(=O)O. The molecule has 1 N–H and O–H groups in total. The lowest BCUT2D eigenvalue weighted by Crippen LogP contribution is -2.54. The average Bonchev–Trinajstić information content (AvgIpc) is 2.56. The molecule has 5 nitrogen and oxygen atoms in total. The molecule has 0 aliphatic heterocycles. The monoisotopic (exact) mass is 301 g/mol. The van der Waals surface area contributed by atoms with Gasteiger partial charge in [-0.2, -0.15) is 0 Å². The van der Waals surface area contributed by atoms with E-state index >= 15 is 0 Å². The van der Waals surface area contributed by atoms with Gasteiger partial charge in [-0.05, 0) is 18.6 Å². The Labute approximate surface area is 129 Å². The molecule has 2 aromatic carbocycles. The average molecular weight is 301 g/mol. The van der Waals surface area contributed by atoms with Gasteiger partial charge >= 0.3 is 5.97 Å². The maximum Gasteiger partial charge on any atom is 0.359 e. The van der Waals surface area contributed by atoms with Gasteiger partial charge in [0.25, 0.3) is 5.72 Å². The van der Waals surface area contributed by atoms with Gasteiger partial charge in [-0.25, -0.2) is 9.86 Å². The van der Waals surface area contributed by atoms with Crippen molar-refractivity contribution in [2.24, 2.45) is 0 Å². The van der Waals surface area contributed by atoms with Crippen LogP contribution in [-0.4, -0.2) is 31.0 Å². The molecule has 0 unspecified atom stereocenters. The van der Waals surface area contributed by atoms with Crippen LogP contribution in [0.15, 0.2) is 54.6 Å². The Balaban J connectivity index is 2.58. The number of carbonyl (C=O) groups is 1. The smallest absolute Gasteiger partial charge is 0.359 e. The van der Waals surface area contributed by atoms with Gasteiger partial charge < -0.3 is 9.84 Å². The highest BCUT2D eigenvalue weighted by Gasteiger charge is 2.42. The molecule has 0 aromatic heterocycles. The van der Waals surface area contributed by atoms with Crippen LogP contribution in [0.5, 0.6) is 0 Å². The van der Waals surface area contributed by atoms with Crippen molar-refractivity contribution in [1.29, 1.82) is 0 Å². The summed E-state index contributed by atoms with van der Waals surface area (Å²) in [6.45, 7) is 1.45. The molecule has 2 rings (SSSR count). The van der Waals surface area contributed by atoms with E-state index in [1.807, 2.05) is 48.5 Å². The first-order chi connectivity index (χ1) is 10.5. The number of carboxylic acids is 1. The third kappa shape index (κ3) is 2.81. The van der Waals surface area contributed by atoms with Crippen molar-refractivity contribution < 1.29 is 19.5 Å². The molecule has 0 aliphatic rings. The van der Waals surface area contributed by atoms with Crippen molar-refractivity contribution in [2.45, 2.75) is 12.6 Å². The molecule has 22 heavy (non-hydrogen) atoms. The quantitative estimate of drug-likeness (QED) is 0.656. The number of hydroxylamine groups is 1. The summed E-state index contributed by atoms with van der Waals surface area (Å²) in [7, 11) is 2.76. The maximum atomic E-state index is 11.6. The molecular formula is C17H19NO4. The number of hydrogen-bond donors (Lipinski definition) is 1. The first kappa shape index (κ1) is 16.0. The summed E-state index contributed by atoms with van der Waals surface area (Å²) < 4.78 is 5.20. The fourth-order valence-corrected chi connectivity index (χ4v) is 2.27. The number of aliphatic carboxylic acids is 1. The lowest BCUT2D eigenvalue weighted by molar-refractivity contribution is -0.169. The predicted molar refractivity (Wildman–Crippen MR) is 84.4 cm³/mol. The van der Waals surface area contributed by atoms with Crippen LogP contribution in [0, 0.1) is 0 Å². The third-order valence-corrected chi connectivity index (χ3v) is 3.57. The highest BCUT2D eigenvalue weighted by atomic mass is 16.7. The molecule has 0 amide bonds. The van der Waals surface area contributed by atoms with Crippen molar-refractivity contribution in [1.82, 2.24) is 0 Å². The number of benzene rings is 2. The fourth-order valence-electron chi connectivity index (χ4n) is 2.27. The molecule has 5 heteroatoms. The molecule has 0 aliphatic carbocycles. The normalized spacial score (nSPS) is 13.4. The van der Waals surface area contributed by atoms with Gasteiger partial charge in [0.1, 0.15) is 0 Å². The Morgan fingerprint density at radius 1 is 1.05 bits per heavy atom. The molecule has 116 valence electrons. The van der Waals surface area contributed by atoms with E-state index in [-0.39, 0.29) is 0 Å². The number of rotatable bonds is 6. The van der Waals surface area contributed by atoms with E-state index in [4.69, 9.17) is 9.57 Å². The molecule has 0 heterocycles. The minimum absolute atomic E-state index is 0.614. The van der Waals surface area contributed by atoms with Crippen molar-refractivity contribution in [2.75, 3.05) is 19.3 Å². The minimum atomic E-state index is -1.64. The predicted octanol–water partition coefficient (Wildman–Crippen LogP) is 3.17. The Hall–Kier alpha value is -2.37. The number of methoxy groups -OCH3 is 1. The summed E-state index contributed by atoms with van der Waals surface area (Å²) in [5.74, 6) is -1.14. The summed E-state index contributed by atoms with van der Waals surface area (Å²) in [5, 5.41) is 10.8. The standard InChI is InChI=1S/C17H19NO4/c1-17(21-2,16(19)20)18(22-3)15-12-8-7-11-14(15)13-9-5-4-6-10-13/h4-12H,1-3H3,(H,19,20)/t17-/m1/s1. The van der Waals surface area contributed by atoms with Crippen LogP contribution in [-0.2, 0) is 14.4 Å². The summed E-state index contributed by atoms with van der Waals surface area (Å²) in [6.07, 6.45) is 0. The van der Waals surface area contributed by atoms with Crippen LogP contribution in [0.1, 0.15) is 6.92 Å². The van der Waals surface area contributed by atoms with Gasteiger partial charge in [-0.15, -0.1) is 0 Å². The van der Waals surface area contributed by atoms with Crippen LogP contribution >= 0.6 is 0 Å². The molecule has 2 aromatic rings. The molecule has 0 saturated heterocycles. The van der Waals surface area contributed by atoms with Crippen molar-refractivity contribution in [3.63, 3.8) is 0 Å². The third-order valence-electron chi connectivity index (χ3n) is 3.57. The Morgan fingerprint density at radius 2 is 1.64 bits per heavy atom. The molecule has 0 fully saturated rings. The highest BCUT2D eigenvalue weighted by Crippen LogP contribution is 2.35. The first-order valence-electron chi connectivity index (χ1n) is 6.82. The van der Waals surface area contributed by atoms with Gasteiger partial charge in [0.15, 0.2) is 0 Å². The van der Waals surface area contributed by atoms with Gasteiger partial charge in [-0.1, -0.05) is 48.5 Å². The van der Waals surface area contributed by atoms with Crippen molar-refractivity contribution in [3.05, 3.63) is 54.6 Å². The summed E-state index contributed by atoms with van der Waals surface area (Å²) in [5.41, 5.74) is 0.793. The zero-order valence-electron chi connectivity index (χ0n) is 12.8. The van der Waals surface area contributed by atoms with E-state index in [0.29, 0.717) is 5.69 Å². The first-order valence-corrected chi connectivity index (χ1v) is 6.82. The molecule has 0 bridgehead atoms. The topological polar surface area (TPSA) is 59.0 Å². The molecule has 0 radical (unpaired) electrons. The van der Waals surface area contributed by atoms with Crippen LogP contribution in [0.2, 0.25) is 0 Å². The van der Waals surface area contributed by atoms with Crippen LogP contribution in [0.3, 0.4) is 0 Å². The highest BCUT2D eigenvalue weighted by molar-refractivity contribution is 5.85. The largest absolute Gasteiger partial charge is 0.478 e.